The van der Waals surface area contributed by atoms with Crippen LogP contribution in [0.1, 0.15) is 44.1 Å². The summed E-state index contributed by atoms with van der Waals surface area (Å²) in [5, 5.41) is 2.84. The summed E-state index contributed by atoms with van der Waals surface area (Å²) < 4.78 is 0.793. The maximum absolute atomic E-state index is 12.7. The van der Waals surface area contributed by atoms with Crippen molar-refractivity contribution in [3.8, 4) is 0 Å². The Kier molecular flexibility index (Phi) is 4.47. The second-order valence-electron chi connectivity index (χ2n) is 6.18. The van der Waals surface area contributed by atoms with Crippen LogP contribution in [-0.4, -0.2) is 23.0 Å². The van der Waals surface area contributed by atoms with Crippen LogP contribution < -0.4 is 10.2 Å². The van der Waals surface area contributed by atoms with Crippen LogP contribution in [0.2, 0.25) is 0 Å². The molecule has 1 atom stereocenters. The zero-order chi connectivity index (χ0) is 15.7. The molecular weight excluding hydrogens is 346 g/mol. The first-order valence-electron chi connectivity index (χ1n) is 7.82. The van der Waals surface area contributed by atoms with Gasteiger partial charge in [0, 0.05) is 10.7 Å². The largest absolute Gasteiger partial charge is 0.329 e. The monoisotopic (exact) mass is 365 g/mol. The van der Waals surface area contributed by atoms with Gasteiger partial charge in [0.15, 0.2) is 0 Å². The fourth-order valence-corrected chi connectivity index (χ4v) is 3.71. The number of anilines is 1. The van der Waals surface area contributed by atoms with Gasteiger partial charge in [0.1, 0.15) is 6.04 Å². The maximum atomic E-state index is 12.7. The summed E-state index contributed by atoms with van der Waals surface area (Å²) in [5.74, 6) is 0.392. The first kappa shape index (κ1) is 15.5. The number of urea groups is 1. The molecule has 1 saturated heterocycles. The van der Waals surface area contributed by atoms with Crippen LogP contribution in [-0.2, 0) is 4.79 Å². The van der Waals surface area contributed by atoms with E-state index in [4.69, 9.17) is 0 Å². The van der Waals surface area contributed by atoms with E-state index in [0.717, 1.165) is 29.3 Å². The zero-order valence-corrected chi connectivity index (χ0v) is 14.2. The fraction of sp³-hybridized carbons (Fsp3) is 0.562. The van der Waals surface area contributed by atoms with Gasteiger partial charge in [0.2, 0.25) is 0 Å². The predicted octanol–water partition coefficient (Wildman–Crippen LogP) is 3.55. The van der Waals surface area contributed by atoms with E-state index in [2.05, 4.69) is 26.2 Å². The lowest BCUT2D eigenvalue weighted by Crippen LogP contribution is -2.33. The average Bonchev–Trinajstić information content (AvgIpc) is 2.78. The van der Waals surface area contributed by atoms with Crippen LogP contribution in [0.5, 0.6) is 0 Å². The molecule has 0 radical (unpaired) electrons. The molecule has 118 valence electrons. The molecule has 3 rings (SSSR count). The van der Waals surface area contributed by atoms with Gasteiger partial charge in [0.05, 0.1) is 11.9 Å². The summed E-state index contributed by atoms with van der Waals surface area (Å²) in [6.07, 6.45) is 10.1. The number of aromatic nitrogens is 1. The number of rotatable bonds is 3. The number of hydrogen-bond acceptors (Lipinski definition) is 3. The Morgan fingerprint density at radius 2 is 2.00 bits per heavy atom. The van der Waals surface area contributed by atoms with Crippen LogP contribution in [0.15, 0.2) is 16.9 Å². The Morgan fingerprint density at radius 1 is 1.27 bits per heavy atom. The van der Waals surface area contributed by atoms with Crippen LogP contribution in [0.4, 0.5) is 10.5 Å². The summed E-state index contributed by atoms with van der Waals surface area (Å²) >= 11 is 3.40. The Hall–Kier alpha value is -1.43. The van der Waals surface area contributed by atoms with Crippen molar-refractivity contribution in [2.24, 2.45) is 5.92 Å². The Morgan fingerprint density at radius 3 is 2.73 bits per heavy atom. The molecule has 0 aromatic carbocycles. The summed E-state index contributed by atoms with van der Waals surface area (Å²) in [6, 6.07) is -0.734. The van der Waals surface area contributed by atoms with Gasteiger partial charge in [-0.2, -0.15) is 0 Å². The van der Waals surface area contributed by atoms with Gasteiger partial charge in [-0.3, -0.25) is 9.78 Å². The normalized spacial score (nSPS) is 23.0. The average molecular weight is 366 g/mol. The molecule has 1 aliphatic heterocycles. The molecule has 1 N–H and O–H groups in total. The van der Waals surface area contributed by atoms with Crippen molar-refractivity contribution in [2.75, 3.05) is 4.90 Å². The summed E-state index contributed by atoms with van der Waals surface area (Å²) in [6.45, 7) is 1.87. The second-order valence-corrected chi connectivity index (χ2v) is 7.04. The molecule has 1 saturated carbocycles. The smallest absolute Gasteiger partial charge is 0.325 e. The van der Waals surface area contributed by atoms with E-state index >= 15 is 0 Å². The van der Waals surface area contributed by atoms with Crippen molar-refractivity contribution in [2.45, 2.75) is 51.5 Å². The van der Waals surface area contributed by atoms with E-state index in [-0.39, 0.29) is 11.9 Å². The summed E-state index contributed by atoms with van der Waals surface area (Å²) in [4.78, 5) is 30.2. The molecule has 6 heteroatoms. The molecule has 2 fully saturated rings. The van der Waals surface area contributed by atoms with Gasteiger partial charge < -0.3 is 5.32 Å². The zero-order valence-electron chi connectivity index (χ0n) is 12.6. The highest BCUT2D eigenvalue weighted by Crippen LogP contribution is 2.32. The lowest BCUT2D eigenvalue weighted by atomic mass is 9.85. The lowest BCUT2D eigenvalue weighted by Gasteiger charge is -2.23. The second kappa shape index (κ2) is 6.36. The van der Waals surface area contributed by atoms with Gasteiger partial charge in [-0.05, 0) is 40.8 Å². The number of pyridine rings is 1. The number of nitrogens with one attached hydrogen (secondary N) is 1. The summed E-state index contributed by atoms with van der Waals surface area (Å²) in [7, 11) is 0. The third-order valence-corrected chi connectivity index (χ3v) is 5.48. The van der Waals surface area contributed by atoms with Gasteiger partial charge in [0.25, 0.3) is 5.91 Å². The van der Waals surface area contributed by atoms with Crippen molar-refractivity contribution >= 4 is 33.6 Å². The Labute approximate surface area is 138 Å². The van der Waals surface area contributed by atoms with Gasteiger partial charge in [-0.1, -0.05) is 32.1 Å². The number of carbonyl (C=O) groups is 2. The SMILES string of the molecule is Cc1c(Br)cncc1N1C(=O)NC(CC2CCCCC2)C1=O. The van der Waals surface area contributed by atoms with E-state index < -0.39 is 6.04 Å². The number of carbonyl (C=O) groups excluding carboxylic acids is 2. The molecule has 1 aliphatic carbocycles. The highest BCUT2D eigenvalue weighted by molar-refractivity contribution is 9.10. The number of halogens is 1. The van der Waals surface area contributed by atoms with Crippen molar-refractivity contribution in [3.05, 3.63) is 22.4 Å². The Bertz CT molecular complexity index is 599. The highest BCUT2D eigenvalue weighted by atomic mass is 79.9. The number of nitrogens with zero attached hydrogens (tertiary/aromatic N) is 2. The maximum Gasteiger partial charge on any atom is 0.329 e. The van der Waals surface area contributed by atoms with E-state index in [1.54, 1.807) is 12.4 Å². The van der Waals surface area contributed by atoms with Crippen molar-refractivity contribution < 1.29 is 9.59 Å². The Balaban J connectivity index is 1.78. The summed E-state index contributed by atoms with van der Waals surface area (Å²) in [5.41, 5.74) is 1.40. The highest BCUT2D eigenvalue weighted by Gasteiger charge is 2.40. The lowest BCUT2D eigenvalue weighted by molar-refractivity contribution is -0.118. The van der Waals surface area contributed by atoms with Crippen molar-refractivity contribution in [3.63, 3.8) is 0 Å². The third-order valence-electron chi connectivity index (χ3n) is 4.68. The van der Waals surface area contributed by atoms with E-state index in [0.29, 0.717) is 11.6 Å². The first-order chi connectivity index (χ1) is 10.6. The number of hydrogen-bond donors (Lipinski definition) is 1. The molecule has 2 aliphatic rings. The van der Waals surface area contributed by atoms with Gasteiger partial charge in [-0.15, -0.1) is 0 Å². The van der Waals surface area contributed by atoms with E-state index in [9.17, 15) is 9.59 Å². The number of amides is 3. The van der Waals surface area contributed by atoms with Crippen LogP contribution in [0, 0.1) is 12.8 Å². The minimum absolute atomic E-state index is 0.154. The molecule has 3 amide bonds. The molecule has 1 aromatic heterocycles. The standard InChI is InChI=1S/C16H20BrN3O2/c1-10-12(17)8-18-9-14(10)20-15(21)13(19-16(20)22)7-11-5-3-2-4-6-11/h8-9,11,13H,2-7H2,1H3,(H,19,22). The quantitative estimate of drug-likeness (QED) is 0.833. The minimum atomic E-state index is -0.394. The van der Waals surface area contributed by atoms with Gasteiger partial charge >= 0.3 is 6.03 Å². The molecule has 2 heterocycles. The molecule has 5 nitrogen and oxygen atoms in total. The molecule has 0 spiro atoms. The predicted molar refractivity (Wildman–Crippen MR) is 87.7 cm³/mol. The minimum Gasteiger partial charge on any atom is -0.325 e. The first-order valence-corrected chi connectivity index (χ1v) is 8.62. The van der Waals surface area contributed by atoms with Gasteiger partial charge in [-0.25, -0.2) is 9.69 Å². The van der Waals surface area contributed by atoms with E-state index in [1.165, 1.54) is 24.2 Å². The van der Waals surface area contributed by atoms with Crippen LogP contribution in [0.25, 0.3) is 0 Å². The number of imide groups is 1. The molecular formula is C16H20BrN3O2. The third kappa shape index (κ3) is 2.89. The van der Waals surface area contributed by atoms with Crippen LogP contribution in [0.3, 0.4) is 0 Å². The van der Waals surface area contributed by atoms with Crippen molar-refractivity contribution in [1.82, 2.24) is 10.3 Å². The molecule has 22 heavy (non-hydrogen) atoms. The molecule has 1 unspecified atom stereocenters. The topological polar surface area (TPSA) is 62.3 Å². The fourth-order valence-electron chi connectivity index (χ4n) is 3.39. The molecule has 1 aromatic rings. The van der Waals surface area contributed by atoms with Crippen LogP contribution >= 0.6 is 15.9 Å². The van der Waals surface area contributed by atoms with E-state index in [1.807, 2.05) is 6.92 Å². The van der Waals surface area contributed by atoms with Crippen molar-refractivity contribution in [1.29, 1.82) is 0 Å². The molecule has 0 bridgehead atoms.